The van der Waals surface area contributed by atoms with Gasteiger partial charge in [0.1, 0.15) is 0 Å². The molecule has 0 aromatic carbocycles. The Balaban J connectivity index is 2.95. The van der Waals surface area contributed by atoms with Gasteiger partial charge in [-0.05, 0) is 60.6 Å². The Kier molecular flexibility index (Phi) is 6.59. The standard InChI is InChI=1S/C16H21ClS/c1-5-6-7-15(10-13(3)17)16-9-8-12(2)14(4)18-11-16/h6-7,10-11H,3,5,8-9H2,1-2,4H3/b7-6-,15-10+. The van der Waals surface area contributed by atoms with Crippen molar-refractivity contribution >= 4 is 23.4 Å². The third-order valence-corrected chi connectivity index (χ3v) is 4.18. The highest BCUT2D eigenvalue weighted by molar-refractivity contribution is 8.05. The van der Waals surface area contributed by atoms with Crippen LogP contribution in [0.3, 0.4) is 0 Å². The molecular formula is C16H21ClS. The number of allylic oxidation sites excluding steroid dienone is 8. The van der Waals surface area contributed by atoms with Gasteiger partial charge in [-0.15, -0.1) is 11.8 Å². The molecule has 0 aromatic rings. The summed E-state index contributed by atoms with van der Waals surface area (Å²) in [7, 11) is 0. The van der Waals surface area contributed by atoms with E-state index < -0.39 is 0 Å². The van der Waals surface area contributed by atoms with E-state index in [0.29, 0.717) is 5.03 Å². The minimum atomic E-state index is 0.585. The molecule has 0 saturated carbocycles. The highest BCUT2D eigenvalue weighted by atomic mass is 35.5. The Hall–Kier alpha value is -0.660. The van der Waals surface area contributed by atoms with Gasteiger partial charge in [0.15, 0.2) is 0 Å². The second-order valence-electron chi connectivity index (χ2n) is 4.45. The van der Waals surface area contributed by atoms with Crippen LogP contribution < -0.4 is 0 Å². The zero-order valence-corrected chi connectivity index (χ0v) is 13.0. The molecule has 0 saturated heterocycles. The molecule has 0 N–H and O–H groups in total. The lowest BCUT2D eigenvalue weighted by Gasteiger charge is -2.07. The summed E-state index contributed by atoms with van der Waals surface area (Å²) in [6.07, 6.45) is 9.49. The monoisotopic (exact) mass is 280 g/mol. The number of halogens is 1. The molecule has 18 heavy (non-hydrogen) atoms. The minimum Gasteiger partial charge on any atom is -0.103 e. The molecule has 2 heteroatoms. The van der Waals surface area contributed by atoms with E-state index in [1.54, 1.807) is 0 Å². The van der Waals surface area contributed by atoms with Crippen molar-refractivity contribution in [2.75, 3.05) is 0 Å². The first-order chi connectivity index (χ1) is 8.54. The predicted molar refractivity (Wildman–Crippen MR) is 85.8 cm³/mol. The smallest absolute Gasteiger partial charge is 0.0340 e. The van der Waals surface area contributed by atoms with E-state index in [0.717, 1.165) is 19.3 Å². The van der Waals surface area contributed by atoms with E-state index >= 15 is 0 Å². The minimum absolute atomic E-state index is 0.585. The van der Waals surface area contributed by atoms with Crippen molar-refractivity contribution in [3.8, 4) is 0 Å². The predicted octanol–water partition coefficient (Wildman–Crippen LogP) is 6.34. The largest absolute Gasteiger partial charge is 0.103 e. The quantitative estimate of drug-likeness (QED) is 0.542. The summed E-state index contributed by atoms with van der Waals surface area (Å²) in [4.78, 5) is 1.41. The maximum Gasteiger partial charge on any atom is 0.0340 e. The third-order valence-electron chi connectivity index (χ3n) is 2.96. The first kappa shape index (κ1) is 15.4. The van der Waals surface area contributed by atoms with Gasteiger partial charge in [-0.3, -0.25) is 0 Å². The van der Waals surface area contributed by atoms with E-state index in [-0.39, 0.29) is 0 Å². The molecule has 0 nitrogen and oxygen atoms in total. The summed E-state index contributed by atoms with van der Waals surface area (Å²) < 4.78 is 0. The highest BCUT2D eigenvalue weighted by Crippen LogP contribution is 2.33. The number of hydrogen-bond donors (Lipinski definition) is 0. The molecule has 1 aliphatic heterocycles. The topological polar surface area (TPSA) is 0 Å². The highest BCUT2D eigenvalue weighted by Gasteiger charge is 2.09. The lowest BCUT2D eigenvalue weighted by atomic mass is 9.99. The maximum absolute atomic E-state index is 5.92. The zero-order valence-electron chi connectivity index (χ0n) is 11.4. The maximum atomic E-state index is 5.92. The summed E-state index contributed by atoms with van der Waals surface area (Å²) >= 11 is 7.73. The lowest BCUT2D eigenvalue weighted by molar-refractivity contribution is 0.936. The van der Waals surface area contributed by atoms with Crippen molar-refractivity contribution in [1.82, 2.24) is 0 Å². The summed E-state index contributed by atoms with van der Waals surface area (Å²) in [5.41, 5.74) is 4.02. The van der Waals surface area contributed by atoms with Gasteiger partial charge in [0.05, 0.1) is 0 Å². The first-order valence-corrected chi connectivity index (χ1v) is 7.55. The molecule has 0 atom stereocenters. The van der Waals surface area contributed by atoms with E-state index in [9.17, 15) is 0 Å². The molecule has 0 aromatic heterocycles. The Bertz CT molecular complexity index is 436. The molecule has 0 fully saturated rings. The van der Waals surface area contributed by atoms with Gasteiger partial charge in [0.25, 0.3) is 0 Å². The van der Waals surface area contributed by atoms with Crippen molar-refractivity contribution in [2.45, 2.75) is 40.0 Å². The molecule has 0 amide bonds. The van der Waals surface area contributed by atoms with E-state index in [1.165, 1.54) is 21.6 Å². The van der Waals surface area contributed by atoms with Gasteiger partial charge < -0.3 is 0 Å². The van der Waals surface area contributed by atoms with Crippen LogP contribution in [-0.2, 0) is 0 Å². The van der Waals surface area contributed by atoms with Gasteiger partial charge in [-0.2, -0.15) is 0 Å². The van der Waals surface area contributed by atoms with Crippen molar-refractivity contribution in [3.63, 3.8) is 0 Å². The third kappa shape index (κ3) is 4.91. The van der Waals surface area contributed by atoms with Crippen LogP contribution in [0.4, 0.5) is 0 Å². The molecule has 98 valence electrons. The van der Waals surface area contributed by atoms with Crippen LogP contribution in [0.25, 0.3) is 0 Å². The second-order valence-corrected chi connectivity index (χ2v) is 6.02. The van der Waals surface area contributed by atoms with Gasteiger partial charge in [-0.25, -0.2) is 0 Å². The van der Waals surface area contributed by atoms with Crippen molar-refractivity contribution < 1.29 is 0 Å². The van der Waals surface area contributed by atoms with Crippen LogP contribution in [0.2, 0.25) is 0 Å². The van der Waals surface area contributed by atoms with Crippen molar-refractivity contribution in [2.24, 2.45) is 0 Å². The Morgan fingerprint density at radius 1 is 1.44 bits per heavy atom. The molecular weight excluding hydrogens is 260 g/mol. The molecule has 1 rings (SSSR count). The average Bonchev–Trinajstić information content (AvgIpc) is 2.48. The summed E-state index contributed by atoms with van der Waals surface area (Å²) in [6.45, 7) is 10.3. The normalized spacial score (nSPS) is 18.0. The summed E-state index contributed by atoms with van der Waals surface area (Å²) in [5.74, 6) is 0. The molecule has 1 heterocycles. The molecule has 0 aliphatic carbocycles. The molecule has 0 spiro atoms. The Morgan fingerprint density at radius 2 is 2.17 bits per heavy atom. The van der Waals surface area contributed by atoms with Crippen LogP contribution in [0.15, 0.2) is 56.9 Å². The van der Waals surface area contributed by atoms with E-state index in [1.807, 2.05) is 17.8 Å². The van der Waals surface area contributed by atoms with Crippen LogP contribution in [-0.4, -0.2) is 0 Å². The fraction of sp³-hybridized carbons (Fsp3) is 0.375. The number of thioether (sulfide) groups is 1. The lowest BCUT2D eigenvalue weighted by Crippen LogP contribution is -1.88. The van der Waals surface area contributed by atoms with Gasteiger partial charge in [0, 0.05) is 5.03 Å². The first-order valence-electron chi connectivity index (χ1n) is 6.29. The van der Waals surface area contributed by atoms with Crippen LogP contribution >= 0.6 is 23.4 Å². The van der Waals surface area contributed by atoms with Crippen molar-refractivity contribution in [3.05, 3.63) is 56.9 Å². The number of hydrogen-bond acceptors (Lipinski definition) is 1. The SMILES string of the molecule is C=C(Cl)/C=C(\C=C/CC)C1=CSC(C)=C(C)CC1. The van der Waals surface area contributed by atoms with Crippen LogP contribution in [0, 0.1) is 0 Å². The summed E-state index contributed by atoms with van der Waals surface area (Å²) in [5, 5.41) is 2.83. The number of rotatable bonds is 4. The Labute approximate surface area is 120 Å². The van der Waals surface area contributed by atoms with E-state index in [4.69, 9.17) is 11.6 Å². The molecule has 1 aliphatic rings. The van der Waals surface area contributed by atoms with Crippen LogP contribution in [0.1, 0.15) is 40.0 Å². The fourth-order valence-electron chi connectivity index (χ4n) is 1.69. The zero-order chi connectivity index (χ0) is 13.5. The van der Waals surface area contributed by atoms with Gasteiger partial charge in [0.2, 0.25) is 0 Å². The molecule has 0 radical (unpaired) electrons. The van der Waals surface area contributed by atoms with E-state index in [2.05, 4.69) is 44.9 Å². The molecule has 0 bridgehead atoms. The van der Waals surface area contributed by atoms with Crippen LogP contribution in [0.5, 0.6) is 0 Å². The average molecular weight is 281 g/mol. The van der Waals surface area contributed by atoms with Gasteiger partial charge in [-0.1, -0.05) is 42.8 Å². The fourth-order valence-corrected chi connectivity index (χ4v) is 2.68. The van der Waals surface area contributed by atoms with Gasteiger partial charge >= 0.3 is 0 Å². The Morgan fingerprint density at radius 3 is 2.78 bits per heavy atom. The van der Waals surface area contributed by atoms with Crippen molar-refractivity contribution in [1.29, 1.82) is 0 Å². The summed E-state index contributed by atoms with van der Waals surface area (Å²) in [6, 6.07) is 0. The second kappa shape index (κ2) is 7.70. The molecule has 0 unspecified atom stereocenters.